The summed E-state index contributed by atoms with van der Waals surface area (Å²) < 4.78 is 0. The first-order valence-corrected chi connectivity index (χ1v) is 10.1. The number of hydrogen-bond donors (Lipinski definition) is 1. The molecule has 7 heteroatoms. The lowest BCUT2D eigenvalue weighted by atomic mass is 10.0. The topological polar surface area (TPSA) is 69.7 Å². The van der Waals surface area contributed by atoms with E-state index in [0.717, 1.165) is 5.56 Å². The Morgan fingerprint density at radius 2 is 1.52 bits per heavy atom. The third kappa shape index (κ3) is 3.17. The van der Waals surface area contributed by atoms with Gasteiger partial charge < -0.3 is 15.1 Å². The molecule has 0 aromatic heterocycles. The van der Waals surface area contributed by atoms with Crippen LogP contribution in [0.2, 0.25) is 5.02 Å². The number of fused-ring (bicyclic) bond motifs is 2. The maximum absolute atomic E-state index is 13.0. The molecule has 2 aromatic rings. The van der Waals surface area contributed by atoms with Crippen molar-refractivity contribution < 1.29 is 14.4 Å². The molecular formula is C22H20ClN3O3. The number of benzene rings is 2. The summed E-state index contributed by atoms with van der Waals surface area (Å²) in [7, 11) is 0. The summed E-state index contributed by atoms with van der Waals surface area (Å²) in [6.45, 7) is 3.08. The van der Waals surface area contributed by atoms with Gasteiger partial charge in [-0.05, 0) is 42.0 Å². The van der Waals surface area contributed by atoms with Gasteiger partial charge in [0.15, 0.2) is 0 Å². The molecule has 2 saturated heterocycles. The first kappa shape index (κ1) is 18.2. The number of nitrogens with one attached hydrogen (secondary N) is 1. The molecule has 0 bridgehead atoms. The van der Waals surface area contributed by atoms with Crippen molar-refractivity contribution in [1.29, 1.82) is 0 Å². The number of carbonyl (C=O) groups excluding carboxylic acids is 3. The van der Waals surface area contributed by atoms with Crippen LogP contribution in [0.5, 0.6) is 0 Å². The van der Waals surface area contributed by atoms with Crippen LogP contribution in [0.25, 0.3) is 0 Å². The van der Waals surface area contributed by atoms with Crippen LogP contribution in [0, 0.1) is 11.8 Å². The van der Waals surface area contributed by atoms with E-state index in [2.05, 4.69) is 5.32 Å². The molecule has 2 atom stereocenters. The van der Waals surface area contributed by atoms with E-state index in [1.165, 1.54) is 0 Å². The lowest BCUT2D eigenvalue weighted by Gasteiger charge is -2.22. The van der Waals surface area contributed by atoms with Gasteiger partial charge in [-0.3, -0.25) is 14.4 Å². The Morgan fingerprint density at radius 1 is 0.897 bits per heavy atom. The first-order valence-electron chi connectivity index (χ1n) is 9.75. The van der Waals surface area contributed by atoms with Crippen LogP contribution >= 0.6 is 11.6 Å². The fourth-order valence-electron chi connectivity index (χ4n) is 4.68. The summed E-state index contributed by atoms with van der Waals surface area (Å²) in [5, 5.41) is 3.33. The zero-order valence-corrected chi connectivity index (χ0v) is 16.5. The molecule has 0 saturated carbocycles. The molecular weight excluding hydrogens is 390 g/mol. The molecule has 5 rings (SSSR count). The second-order valence-electron chi connectivity index (χ2n) is 8.01. The monoisotopic (exact) mass is 409 g/mol. The largest absolute Gasteiger partial charge is 0.348 e. The number of rotatable bonds is 2. The first-order chi connectivity index (χ1) is 14.0. The number of hydrogen-bond acceptors (Lipinski definition) is 3. The molecule has 3 heterocycles. The van der Waals surface area contributed by atoms with Crippen LogP contribution in [-0.4, -0.2) is 53.7 Å². The van der Waals surface area contributed by atoms with Crippen LogP contribution in [0.4, 0.5) is 0 Å². The predicted octanol–water partition coefficient (Wildman–Crippen LogP) is 2.43. The SMILES string of the molecule is O=C1NCc2cc(C(=O)N3C[C@H]4CN(C(=O)c5cccc(Cl)c5)C[C@H]4C3)ccc21. The van der Waals surface area contributed by atoms with E-state index < -0.39 is 0 Å². The molecule has 148 valence electrons. The molecule has 0 spiro atoms. The Balaban J connectivity index is 1.25. The summed E-state index contributed by atoms with van der Waals surface area (Å²) in [4.78, 5) is 41.2. The van der Waals surface area contributed by atoms with E-state index in [9.17, 15) is 14.4 Å². The molecule has 2 aromatic carbocycles. The van der Waals surface area contributed by atoms with Gasteiger partial charge in [-0.2, -0.15) is 0 Å². The van der Waals surface area contributed by atoms with Crippen molar-refractivity contribution in [3.63, 3.8) is 0 Å². The molecule has 0 unspecified atom stereocenters. The molecule has 3 aliphatic rings. The molecule has 1 N–H and O–H groups in total. The average molecular weight is 410 g/mol. The van der Waals surface area contributed by atoms with Gasteiger partial charge in [0, 0.05) is 66.3 Å². The van der Waals surface area contributed by atoms with Crippen LogP contribution in [0.3, 0.4) is 0 Å². The number of nitrogens with zero attached hydrogens (tertiary/aromatic N) is 2. The molecule has 3 amide bonds. The Labute approximate surface area is 173 Å². The van der Waals surface area contributed by atoms with Gasteiger partial charge in [0.05, 0.1) is 0 Å². The Morgan fingerprint density at radius 3 is 2.14 bits per heavy atom. The van der Waals surface area contributed by atoms with Crippen LogP contribution < -0.4 is 5.32 Å². The fraction of sp³-hybridized carbons (Fsp3) is 0.318. The molecule has 0 radical (unpaired) electrons. The summed E-state index contributed by atoms with van der Waals surface area (Å²) in [5.41, 5.74) is 2.74. The molecule has 0 aliphatic carbocycles. The summed E-state index contributed by atoms with van der Waals surface area (Å²) in [5.74, 6) is 0.489. The lowest BCUT2D eigenvalue weighted by molar-refractivity contribution is 0.0738. The maximum Gasteiger partial charge on any atom is 0.253 e. The van der Waals surface area contributed by atoms with Crippen LogP contribution in [0.15, 0.2) is 42.5 Å². The highest BCUT2D eigenvalue weighted by molar-refractivity contribution is 6.30. The molecule has 2 fully saturated rings. The van der Waals surface area contributed by atoms with Gasteiger partial charge in [0.1, 0.15) is 0 Å². The Bertz CT molecular complexity index is 1020. The minimum Gasteiger partial charge on any atom is -0.348 e. The second kappa shape index (κ2) is 6.88. The highest BCUT2D eigenvalue weighted by Crippen LogP contribution is 2.33. The van der Waals surface area contributed by atoms with E-state index in [4.69, 9.17) is 11.6 Å². The van der Waals surface area contributed by atoms with Gasteiger partial charge in [-0.1, -0.05) is 17.7 Å². The standard InChI is InChI=1S/C22H20ClN3O3/c23-18-3-1-2-13(7-18)21(28)25-9-16-11-26(12-17(16)10-25)22(29)14-4-5-19-15(6-14)8-24-20(19)27/h1-7,16-17H,8-12H2,(H,24,27)/t16-,17+. The summed E-state index contributed by atoms with van der Waals surface area (Å²) in [6, 6.07) is 12.3. The number of likely N-dealkylation sites (tertiary alicyclic amines) is 2. The fourth-order valence-corrected chi connectivity index (χ4v) is 4.87. The van der Waals surface area contributed by atoms with Crippen molar-refractivity contribution >= 4 is 29.3 Å². The quantitative estimate of drug-likeness (QED) is 0.828. The maximum atomic E-state index is 13.0. The number of carbonyl (C=O) groups is 3. The lowest BCUT2D eigenvalue weighted by Crippen LogP contribution is -2.35. The highest BCUT2D eigenvalue weighted by atomic mass is 35.5. The van der Waals surface area contributed by atoms with Crippen molar-refractivity contribution in [3.8, 4) is 0 Å². The average Bonchev–Trinajstić information content (AvgIpc) is 3.40. The van der Waals surface area contributed by atoms with Gasteiger partial charge in [0.2, 0.25) is 0 Å². The third-order valence-electron chi connectivity index (χ3n) is 6.17. The van der Waals surface area contributed by atoms with E-state index in [0.29, 0.717) is 66.3 Å². The third-order valence-corrected chi connectivity index (χ3v) is 6.40. The van der Waals surface area contributed by atoms with Crippen molar-refractivity contribution in [2.75, 3.05) is 26.2 Å². The molecule has 29 heavy (non-hydrogen) atoms. The Hall–Kier alpha value is -2.86. The predicted molar refractivity (Wildman–Crippen MR) is 108 cm³/mol. The summed E-state index contributed by atoms with van der Waals surface area (Å²) >= 11 is 6.01. The van der Waals surface area contributed by atoms with E-state index in [-0.39, 0.29) is 17.7 Å². The highest BCUT2D eigenvalue weighted by Gasteiger charge is 2.43. The van der Waals surface area contributed by atoms with Crippen molar-refractivity contribution in [2.45, 2.75) is 6.54 Å². The van der Waals surface area contributed by atoms with Gasteiger partial charge in [0.25, 0.3) is 17.7 Å². The second-order valence-corrected chi connectivity index (χ2v) is 8.44. The zero-order chi connectivity index (χ0) is 20.1. The van der Waals surface area contributed by atoms with Crippen molar-refractivity contribution in [3.05, 3.63) is 69.7 Å². The zero-order valence-electron chi connectivity index (χ0n) is 15.7. The normalized spacial score (nSPS) is 22.4. The van der Waals surface area contributed by atoms with Crippen LogP contribution in [-0.2, 0) is 6.54 Å². The van der Waals surface area contributed by atoms with Gasteiger partial charge in [-0.15, -0.1) is 0 Å². The minimum atomic E-state index is -0.0841. The Kier molecular flexibility index (Phi) is 4.32. The van der Waals surface area contributed by atoms with E-state index >= 15 is 0 Å². The van der Waals surface area contributed by atoms with Gasteiger partial charge in [-0.25, -0.2) is 0 Å². The smallest absolute Gasteiger partial charge is 0.253 e. The van der Waals surface area contributed by atoms with Crippen molar-refractivity contribution in [1.82, 2.24) is 15.1 Å². The van der Waals surface area contributed by atoms with Gasteiger partial charge >= 0.3 is 0 Å². The van der Waals surface area contributed by atoms with Crippen LogP contribution in [0.1, 0.15) is 36.6 Å². The molecule has 6 nitrogen and oxygen atoms in total. The van der Waals surface area contributed by atoms with E-state index in [1.54, 1.807) is 36.4 Å². The number of amides is 3. The number of halogens is 1. The summed E-state index contributed by atoms with van der Waals surface area (Å²) in [6.07, 6.45) is 0. The van der Waals surface area contributed by atoms with E-state index in [1.807, 2.05) is 15.9 Å². The molecule has 3 aliphatic heterocycles. The van der Waals surface area contributed by atoms with Crippen molar-refractivity contribution in [2.24, 2.45) is 11.8 Å². The minimum absolute atomic E-state index is 0.00411.